The summed E-state index contributed by atoms with van der Waals surface area (Å²) in [7, 11) is 0. The van der Waals surface area contributed by atoms with Crippen LogP contribution in [0.2, 0.25) is 0 Å². The lowest BCUT2D eigenvalue weighted by atomic mass is 10.2. The van der Waals surface area contributed by atoms with E-state index in [0.29, 0.717) is 22.4 Å². The van der Waals surface area contributed by atoms with Crippen LogP contribution in [0.25, 0.3) is 11.1 Å². The van der Waals surface area contributed by atoms with Crippen molar-refractivity contribution in [1.82, 2.24) is 4.57 Å². The Morgan fingerprint density at radius 1 is 1.10 bits per heavy atom. The average Bonchev–Trinajstić information content (AvgIpc) is 2.70. The van der Waals surface area contributed by atoms with Crippen LogP contribution in [0, 0.1) is 11.6 Å². The van der Waals surface area contributed by atoms with Crippen LogP contribution < -0.4 is 11.5 Å². The molecule has 1 heterocycles. The van der Waals surface area contributed by atoms with Crippen LogP contribution in [0.3, 0.4) is 0 Å². The average molecular weight is 276 g/mol. The SMILES string of the molecule is Nc1ccc2oc(=O)n(Cc3ccc(F)c(F)c3)c2c1. The zero-order valence-electron chi connectivity index (χ0n) is 10.3. The molecule has 3 rings (SSSR count). The molecule has 0 fully saturated rings. The standard InChI is InChI=1S/C14H10F2N2O2/c15-10-3-1-8(5-11(10)16)7-18-12-6-9(17)2-4-13(12)20-14(18)19/h1-6H,7,17H2. The second-order valence-electron chi connectivity index (χ2n) is 4.43. The van der Waals surface area contributed by atoms with E-state index in [2.05, 4.69) is 0 Å². The van der Waals surface area contributed by atoms with Gasteiger partial charge in [-0.2, -0.15) is 0 Å². The number of nitrogens with zero attached hydrogens (tertiary/aromatic N) is 1. The summed E-state index contributed by atoms with van der Waals surface area (Å²) in [5.41, 5.74) is 7.52. The van der Waals surface area contributed by atoms with Gasteiger partial charge in [-0.3, -0.25) is 4.57 Å². The number of nitrogens with two attached hydrogens (primary N) is 1. The first-order chi connectivity index (χ1) is 9.54. The number of hydrogen-bond donors (Lipinski definition) is 1. The third kappa shape index (κ3) is 2.05. The molecule has 1 aromatic heterocycles. The van der Waals surface area contributed by atoms with Crippen molar-refractivity contribution >= 4 is 16.8 Å². The topological polar surface area (TPSA) is 61.2 Å². The molecule has 0 aliphatic carbocycles. The van der Waals surface area contributed by atoms with Crippen molar-refractivity contribution < 1.29 is 13.2 Å². The van der Waals surface area contributed by atoms with Crippen molar-refractivity contribution in [3.8, 4) is 0 Å². The molecule has 102 valence electrons. The molecule has 0 radical (unpaired) electrons. The van der Waals surface area contributed by atoms with E-state index in [1.54, 1.807) is 18.2 Å². The normalized spacial score (nSPS) is 11.1. The Hall–Kier alpha value is -2.63. The number of aromatic nitrogens is 1. The first kappa shape index (κ1) is 12.4. The summed E-state index contributed by atoms with van der Waals surface area (Å²) < 4.78 is 32.4. The number of nitrogen functional groups attached to an aromatic ring is 1. The quantitative estimate of drug-likeness (QED) is 0.731. The van der Waals surface area contributed by atoms with E-state index >= 15 is 0 Å². The van der Waals surface area contributed by atoms with Gasteiger partial charge >= 0.3 is 5.76 Å². The molecule has 3 aromatic rings. The van der Waals surface area contributed by atoms with Gasteiger partial charge in [-0.05, 0) is 35.9 Å². The van der Waals surface area contributed by atoms with Crippen molar-refractivity contribution in [1.29, 1.82) is 0 Å². The van der Waals surface area contributed by atoms with Gasteiger partial charge in [0.2, 0.25) is 0 Å². The summed E-state index contributed by atoms with van der Waals surface area (Å²) in [5, 5.41) is 0. The highest BCUT2D eigenvalue weighted by Gasteiger charge is 2.11. The number of fused-ring (bicyclic) bond motifs is 1. The summed E-state index contributed by atoms with van der Waals surface area (Å²) >= 11 is 0. The number of halogens is 2. The fraction of sp³-hybridized carbons (Fsp3) is 0.0714. The van der Waals surface area contributed by atoms with Crippen molar-refractivity contribution in [3.05, 3.63) is 64.1 Å². The molecule has 0 saturated heterocycles. The van der Waals surface area contributed by atoms with Crippen LogP contribution >= 0.6 is 0 Å². The zero-order valence-corrected chi connectivity index (χ0v) is 10.3. The van der Waals surface area contributed by atoms with Crippen LogP contribution in [0.1, 0.15) is 5.56 Å². The van der Waals surface area contributed by atoms with Gasteiger partial charge in [0.1, 0.15) is 0 Å². The molecule has 4 nitrogen and oxygen atoms in total. The molecule has 6 heteroatoms. The molecule has 2 N–H and O–H groups in total. The number of anilines is 1. The summed E-state index contributed by atoms with van der Waals surface area (Å²) in [4.78, 5) is 11.8. The molecule has 0 unspecified atom stereocenters. The molecule has 0 amide bonds. The molecule has 0 atom stereocenters. The third-order valence-corrected chi connectivity index (χ3v) is 3.02. The smallest absolute Gasteiger partial charge is 0.408 e. The first-order valence-corrected chi connectivity index (χ1v) is 5.87. The minimum absolute atomic E-state index is 0.0759. The largest absolute Gasteiger partial charge is 0.420 e. The number of benzene rings is 2. The fourth-order valence-electron chi connectivity index (χ4n) is 2.05. The predicted molar refractivity (Wildman–Crippen MR) is 70.3 cm³/mol. The number of hydrogen-bond acceptors (Lipinski definition) is 3. The maximum absolute atomic E-state index is 13.2. The monoisotopic (exact) mass is 276 g/mol. The van der Waals surface area contributed by atoms with Crippen molar-refractivity contribution in [2.24, 2.45) is 0 Å². The van der Waals surface area contributed by atoms with E-state index in [0.717, 1.165) is 12.1 Å². The maximum Gasteiger partial charge on any atom is 0.420 e. The Balaban J connectivity index is 2.10. The van der Waals surface area contributed by atoms with Crippen LogP contribution in [0.15, 0.2) is 45.6 Å². The van der Waals surface area contributed by atoms with Gasteiger partial charge in [0.25, 0.3) is 0 Å². The lowest BCUT2D eigenvalue weighted by Crippen LogP contribution is -2.15. The summed E-state index contributed by atoms with van der Waals surface area (Å²) in [5.74, 6) is -2.46. The number of rotatable bonds is 2. The van der Waals surface area contributed by atoms with Crippen LogP contribution in [-0.2, 0) is 6.54 Å². The van der Waals surface area contributed by atoms with E-state index in [1.165, 1.54) is 10.6 Å². The zero-order chi connectivity index (χ0) is 14.3. The van der Waals surface area contributed by atoms with Crippen LogP contribution in [0.5, 0.6) is 0 Å². The molecule has 0 spiro atoms. The van der Waals surface area contributed by atoms with E-state index < -0.39 is 17.4 Å². The minimum Gasteiger partial charge on any atom is -0.408 e. The van der Waals surface area contributed by atoms with Crippen molar-refractivity contribution in [2.75, 3.05) is 5.73 Å². The highest BCUT2D eigenvalue weighted by Crippen LogP contribution is 2.18. The van der Waals surface area contributed by atoms with Gasteiger partial charge in [0.05, 0.1) is 12.1 Å². The summed E-state index contributed by atoms with van der Waals surface area (Å²) in [6.45, 7) is 0.0759. The minimum atomic E-state index is -0.956. The highest BCUT2D eigenvalue weighted by atomic mass is 19.2. The third-order valence-electron chi connectivity index (χ3n) is 3.02. The second-order valence-corrected chi connectivity index (χ2v) is 4.43. The van der Waals surface area contributed by atoms with Crippen LogP contribution in [-0.4, -0.2) is 4.57 Å². The van der Waals surface area contributed by atoms with Gasteiger partial charge in [-0.15, -0.1) is 0 Å². The Morgan fingerprint density at radius 2 is 1.90 bits per heavy atom. The van der Waals surface area contributed by atoms with Crippen LogP contribution in [0.4, 0.5) is 14.5 Å². The lowest BCUT2D eigenvalue weighted by Gasteiger charge is -2.04. The van der Waals surface area contributed by atoms with Gasteiger partial charge in [-0.25, -0.2) is 13.6 Å². The summed E-state index contributed by atoms with van der Waals surface area (Å²) in [6.07, 6.45) is 0. The molecule has 2 aromatic carbocycles. The Morgan fingerprint density at radius 3 is 2.65 bits per heavy atom. The molecular formula is C14H10F2N2O2. The molecule has 0 aliphatic heterocycles. The molecule has 0 aliphatic rings. The van der Waals surface area contributed by atoms with Gasteiger partial charge in [0.15, 0.2) is 17.2 Å². The fourth-order valence-corrected chi connectivity index (χ4v) is 2.05. The predicted octanol–water partition coefficient (Wildman–Crippen LogP) is 2.50. The van der Waals surface area contributed by atoms with E-state index in [1.807, 2.05) is 0 Å². The molecule has 0 saturated carbocycles. The molecular weight excluding hydrogens is 266 g/mol. The second kappa shape index (κ2) is 4.48. The van der Waals surface area contributed by atoms with E-state index in [4.69, 9.17) is 10.2 Å². The van der Waals surface area contributed by atoms with Gasteiger partial charge in [-0.1, -0.05) is 6.07 Å². The summed E-state index contributed by atoms with van der Waals surface area (Å²) in [6, 6.07) is 8.29. The lowest BCUT2D eigenvalue weighted by molar-refractivity contribution is 0.502. The molecule has 0 bridgehead atoms. The maximum atomic E-state index is 13.2. The Labute approximate surface area is 112 Å². The Bertz CT molecular complexity index is 852. The molecule has 20 heavy (non-hydrogen) atoms. The van der Waals surface area contributed by atoms with Crippen molar-refractivity contribution in [2.45, 2.75) is 6.54 Å². The van der Waals surface area contributed by atoms with E-state index in [-0.39, 0.29) is 6.54 Å². The van der Waals surface area contributed by atoms with Gasteiger partial charge in [0, 0.05) is 5.69 Å². The number of oxazole rings is 1. The first-order valence-electron chi connectivity index (χ1n) is 5.87. The Kier molecular flexibility index (Phi) is 2.78. The van der Waals surface area contributed by atoms with E-state index in [9.17, 15) is 13.6 Å². The van der Waals surface area contributed by atoms with Crippen molar-refractivity contribution in [3.63, 3.8) is 0 Å². The highest BCUT2D eigenvalue weighted by molar-refractivity contribution is 5.77. The van der Waals surface area contributed by atoms with Gasteiger partial charge < -0.3 is 10.2 Å².